The SMILES string of the molecule is CC(C)(C)[Si](OC[C@](C)(O)[C@@H](O)CO)(c1ccccc1)c1ccccc1. The Morgan fingerprint density at radius 2 is 1.31 bits per heavy atom. The van der Waals surface area contributed by atoms with Crippen LogP contribution in [0.15, 0.2) is 60.7 Å². The maximum atomic E-state index is 10.6. The molecule has 0 aliphatic heterocycles. The zero-order chi connectivity index (χ0) is 19.4. The van der Waals surface area contributed by atoms with Crippen LogP contribution in [0.2, 0.25) is 5.04 Å². The molecule has 0 heterocycles. The molecule has 0 aliphatic carbocycles. The van der Waals surface area contributed by atoms with E-state index in [1.807, 2.05) is 36.4 Å². The molecule has 0 fully saturated rings. The molecule has 0 saturated carbocycles. The summed E-state index contributed by atoms with van der Waals surface area (Å²) in [7, 11) is -2.77. The van der Waals surface area contributed by atoms with Crippen molar-refractivity contribution in [2.24, 2.45) is 0 Å². The van der Waals surface area contributed by atoms with E-state index in [2.05, 4.69) is 45.0 Å². The Morgan fingerprint density at radius 1 is 0.885 bits per heavy atom. The van der Waals surface area contributed by atoms with E-state index < -0.39 is 26.6 Å². The predicted molar refractivity (Wildman–Crippen MR) is 107 cm³/mol. The predicted octanol–water partition coefficient (Wildman–Crippen LogP) is 1.67. The van der Waals surface area contributed by atoms with Gasteiger partial charge in [0.2, 0.25) is 0 Å². The topological polar surface area (TPSA) is 69.9 Å². The van der Waals surface area contributed by atoms with E-state index in [0.29, 0.717) is 0 Å². The zero-order valence-corrected chi connectivity index (χ0v) is 17.0. The lowest BCUT2D eigenvalue weighted by atomic mass is 10.0. The number of aliphatic hydroxyl groups is 3. The minimum atomic E-state index is -2.77. The number of benzene rings is 2. The van der Waals surface area contributed by atoms with Crippen LogP contribution in [0.4, 0.5) is 0 Å². The van der Waals surface area contributed by atoms with E-state index in [1.165, 1.54) is 6.92 Å². The minimum Gasteiger partial charge on any atom is -0.404 e. The lowest BCUT2D eigenvalue weighted by Gasteiger charge is -2.44. The molecule has 142 valence electrons. The van der Waals surface area contributed by atoms with Crippen LogP contribution in [-0.4, -0.2) is 48.6 Å². The Morgan fingerprint density at radius 3 is 1.65 bits per heavy atom. The fourth-order valence-corrected chi connectivity index (χ4v) is 7.97. The smallest absolute Gasteiger partial charge is 0.261 e. The second kappa shape index (κ2) is 8.02. The van der Waals surface area contributed by atoms with Crippen molar-refractivity contribution in [3.8, 4) is 0 Å². The number of hydrogen-bond donors (Lipinski definition) is 3. The van der Waals surface area contributed by atoms with Crippen LogP contribution in [0.5, 0.6) is 0 Å². The third-order valence-electron chi connectivity index (χ3n) is 4.89. The summed E-state index contributed by atoms with van der Waals surface area (Å²) >= 11 is 0. The van der Waals surface area contributed by atoms with Crippen LogP contribution < -0.4 is 10.4 Å². The first-order valence-electron chi connectivity index (χ1n) is 8.91. The van der Waals surface area contributed by atoms with E-state index in [1.54, 1.807) is 0 Å². The molecule has 26 heavy (non-hydrogen) atoms. The van der Waals surface area contributed by atoms with E-state index in [-0.39, 0.29) is 11.6 Å². The Kier molecular flexibility index (Phi) is 6.42. The highest BCUT2D eigenvalue weighted by Gasteiger charge is 2.51. The van der Waals surface area contributed by atoms with Gasteiger partial charge in [0, 0.05) is 0 Å². The molecule has 0 aromatic heterocycles. The van der Waals surface area contributed by atoms with Gasteiger partial charge in [0.1, 0.15) is 11.7 Å². The summed E-state index contributed by atoms with van der Waals surface area (Å²) in [6.07, 6.45) is -1.26. The summed E-state index contributed by atoms with van der Waals surface area (Å²) in [6, 6.07) is 20.2. The van der Waals surface area contributed by atoms with E-state index in [4.69, 9.17) is 4.43 Å². The first-order chi connectivity index (χ1) is 12.1. The number of rotatable bonds is 7. The normalized spacial score (nSPS) is 16.1. The van der Waals surface area contributed by atoms with Crippen molar-refractivity contribution in [2.45, 2.75) is 44.4 Å². The highest BCUT2D eigenvalue weighted by Crippen LogP contribution is 2.37. The van der Waals surface area contributed by atoms with Crippen LogP contribution in [0.25, 0.3) is 0 Å². The lowest BCUT2D eigenvalue weighted by molar-refractivity contribution is -0.105. The fraction of sp³-hybridized carbons (Fsp3) is 0.429. The van der Waals surface area contributed by atoms with Crippen LogP contribution in [0, 0.1) is 0 Å². The van der Waals surface area contributed by atoms with Gasteiger partial charge in [-0.05, 0) is 22.3 Å². The van der Waals surface area contributed by atoms with Gasteiger partial charge < -0.3 is 19.7 Å². The van der Waals surface area contributed by atoms with Gasteiger partial charge in [-0.15, -0.1) is 0 Å². The second-order valence-electron chi connectivity index (χ2n) is 8.01. The van der Waals surface area contributed by atoms with Gasteiger partial charge in [0.05, 0.1) is 13.2 Å². The summed E-state index contributed by atoms with van der Waals surface area (Å²) in [5, 5.41) is 31.8. The van der Waals surface area contributed by atoms with Crippen molar-refractivity contribution < 1.29 is 19.7 Å². The monoisotopic (exact) mass is 374 g/mol. The van der Waals surface area contributed by atoms with Crippen LogP contribution in [-0.2, 0) is 4.43 Å². The molecule has 0 radical (unpaired) electrons. The molecule has 2 aromatic rings. The third-order valence-corrected chi connectivity index (χ3v) is 9.87. The highest BCUT2D eigenvalue weighted by molar-refractivity contribution is 6.99. The summed E-state index contributed by atoms with van der Waals surface area (Å²) in [5.41, 5.74) is -1.54. The molecule has 3 N–H and O–H groups in total. The second-order valence-corrected chi connectivity index (χ2v) is 12.3. The van der Waals surface area contributed by atoms with Crippen LogP contribution >= 0.6 is 0 Å². The summed E-state index contributed by atoms with van der Waals surface area (Å²) in [5.74, 6) is 0. The molecule has 2 atom stereocenters. The number of hydrogen-bond acceptors (Lipinski definition) is 4. The maximum absolute atomic E-state index is 10.6. The van der Waals surface area contributed by atoms with Gasteiger partial charge in [-0.3, -0.25) is 0 Å². The average molecular weight is 375 g/mol. The summed E-state index contributed by atoms with van der Waals surface area (Å²) in [6.45, 7) is 7.36. The summed E-state index contributed by atoms with van der Waals surface area (Å²) < 4.78 is 6.57. The Balaban J connectivity index is 2.58. The van der Waals surface area contributed by atoms with E-state index in [0.717, 1.165) is 10.4 Å². The van der Waals surface area contributed by atoms with Gasteiger partial charge >= 0.3 is 0 Å². The van der Waals surface area contributed by atoms with E-state index >= 15 is 0 Å². The van der Waals surface area contributed by atoms with Crippen molar-refractivity contribution >= 4 is 18.7 Å². The molecular weight excluding hydrogens is 344 g/mol. The highest BCUT2D eigenvalue weighted by atomic mass is 28.4. The Hall–Kier alpha value is -1.50. The molecule has 0 bridgehead atoms. The molecule has 2 rings (SSSR count). The standard InChI is InChI=1S/C21H30O4Si/c1-20(2,3)26(17-11-7-5-8-12-17,18-13-9-6-10-14-18)25-16-21(4,24)19(23)15-22/h5-14,19,22-24H,15-16H2,1-4H3/t19-,21-/m0/s1. The van der Waals surface area contributed by atoms with Gasteiger partial charge in [-0.25, -0.2) is 0 Å². The molecule has 0 saturated heterocycles. The zero-order valence-electron chi connectivity index (χ0n) is 16.0. The average Bonchev–Trinajstić information content (AvgIpc) is 2.62. The van der Waals surface area contributed by atoms with Crippen molar-refractivity contribution in [3.05, 3.63) is 60.7 Å². The number of aliphatic hydroxyl groups excluding tert-OH is 2. The molecule has 2 aromatic carbocycles. The van der Waals surface area contributed by atoms with Crippen LogP contribution in [0.3, 0.4) is 0 Å². The van der Waals surface area contributed by atoms with Gasteiger partial charge in [-0.1, -0.05) is 81.4 Å². The first kappa shape index (κ1) is 20.8. The van der Waals surface area contributed by atoms with Crippen LogP contribution in [0.1, 0.15) is 27.7 Å². The molecule has 0 aliphatic rings. The van der Waals surface area contributed by atoms with Gasteiger partial charge in [0.15, 0.2) is 0 Å². The quantitative estimate of drug-likeness (QED) is 0.645. The molecule has 0 unspecified atom stereocenters. The van der Waals surface area contributed by atoms with Crippen molar-refractivity contribution in [2.75, 3.05) is 13.2 Å². The first-order valence-corrected chi connectivity index (χ1v) is 10.8. The fourth-order valence-electron chi connectivity index (χ4n) is 3.31. The molecule has 0 spiro atoms. The largest absolute Gasteiger partial charge is 0.404 e. The lowest BCUT2D eigenvalue weighted by Crippen LogP contribution is -2.68. The molecule has 5 heteroatoms. The van der Waals surface area contributed by atoms with Crippen molar-refractivity contribution in [1.82, 2.24) is 0 Å². The molecule has 4 nitrogen and oxygen atoms in total. The Labute approximate surface area is 157 Å². The maximum Gasteiger partial charge on any atom is 0.261 e. The van der Waals surface area contributed by atoms with Gasteiger partial charge in [0.25, 0.3) is 8.32 Å². The minimum absolute atomic E-state index is 0.0675. The summed E-state index contributed by atoms with van der Waals surface area (Å²) in [4.78, 5) is 0. The molecule has 0 amide bonds. The van der Waals surface area contributed by atoms with Crippen molar-refractivity contribution in [1.29, 1.82) is 0 Å². The van der Waals surface area contributed by atoms with E-state index in [9.17, 15) is 15.3 Å². The Bertz CT molecular complexity index is 641. The third kappa shape index (κ3) is 4.08. The van der Waals surface area contributed by atoms with Gasteiger partial charge in [-0.2, -0.15) is 0 Å². The van der Waals surface area contributed by atoms with Crippen molar-refractivity contribution in [3.63, 3.8) is 0 Å². The molecular formula is C21H30O4Si.